The number of nitrogens with zero attached hydrogens (tertiary/aromatic N) is 5. The third-order valence-corrected chi connectivity index (χ3v) is 3.15. The van der Waals surface area contributed by atoms with Gasteiger partial charge in [0.05, 0.1) is 36.7 Å². The monoisotopic (exact) mass is 246 g/mol. The van der Waals surface area contributed by atoms with Crippen LogP contribution in [0.1, 0.15) is 37.2 Å². The first-order valence-electron chi connectivity index (χ1n) is 6.47. The minimum Gasteiger partial charge on any atom is -0.330 e. The van der Waals surface area contributed by atoms with Crippen molar-refractivity contribution >= 4 is 0 Å². The molecule has 0 bridgehead atoms. The third kappa shape index (κ3) is 2.43. The summed E-state index contributed by atoms with van der Waals surface area (Å²) in [5, 5.41) is 11.5. The zero-order valence-electron chi connectivity index (χ0n) is 10.6. The van der Waals surface area contributed by atoms with Gasteiger partial charge >= 0.3 is 0 Å². The van der Waals surface area contributed by atoms with Crippen LogP contribution in [0.5, 0.6) is 0 Å². The highest BCUT2D eigenvalue weighted by atomic mass is 15.4. The zero-order valence-corrected chi connectivity index (χ0v) is 10.6. The lowest BCUT2D eigenvalue weighted by atomic mass is 10.4. The number of rotatable bonds is 6. The van der Waals surface area contributed by atoms with E-state index in [0.717, 1.165) is 25.3 Å². The molecule has 2 heterocycles. The molecular formula is C12H18N6. The van der Waals surface area contributed by atoms with Gasteiger partial charge in [0.25, 0.3) is 0 Å². The van der Waals surface area contributed by atoms with Gasteiger partial charge in [-0.15, -0.1) is 5.10 Å². The van der Waals surface area contributed by atoms with Crippen LogP contribution in [0, 0.1) is 0 Å². The molecule has 1 aliphatic rings. The summed E-state index contributed by atoms with van der Waals surface area (Å²) < 4.78 is 4.13. The molecule has 96 valence electrons. The van der Waals surface area contributed by atoms with Gasteiger partial charge in [0.2, 0.25) is 0 Å². The van der Waals surface area contributed by atoms with Crippen molar-refractivity contribution in [2.75, 3.05) is 6.54 Å². The van der Waals surface area contributed by atoms with Crippen LogP contribution < -0.4 is 5.32 Å². The maximum absolute atomic E-state index is 4.23. The quantitative estimate of drug-likeness (QED) is 0.825. The summed E-state index contributed by atoms with van der Waals surface area (Å²) in [5.74, 6) is 0. The highest BCUT2D eigenvalue weighted by Crippen LogP contribution is 2.35. The highest BCUT2D eigenvalue weighted by Gasteiger charge is 2.25. The first-order chi connectivity index (χ1) is 8.86. The van der Waals surface area contributed by atoms with Crippen molar-refractivity contribution in [2.24, 2.45) is 0 Å². The van der Waals surface area contributed by atoms with E-state index in [-0.39, 0.29) is 0 Å². The maximum Gasteiger partial charge on any atom is 0.0964 e. The second kappa shape index (κ2) is 4.89. The fourth-order valence-electron chi connectivity index (χ4n) is 2.05. The Morgan fingerprint density at radius 3 is 3.11 bits per heavy atom. The number of hydrogen-bond acceptors (Lipinski definition) is 4. The van der Waals surface area contributed by atoms with Crippen molar-refractivity contribution in [3.63, 3.8) is 0 Å². The molecule has 0 aromatic carbocycles. The summed E-state index contributed by atoms with van der Waals surface area (Å²) in [6.07, 6.45) is 8.37. The minimum absolute atomic E-state index is 0.659. The van der Waals surface area contributed by atoms with E-state index in [1.54, 1.807) is 0 Å². The van der Waals surface area contributed by atoms with Crippen molar-refractivity contribution in [3.8, 4) is 0 Å². The van der Waals surface area contributed by atoms with E-state index in [9.17, 15) is 0 Å². The molecule has 0 saturated heterocycles. The van der Waals surface area contributed by atoms with E-state index in [2.05, 4.69) is 32.1 Å². The van der Waals surface area contributed by atoms with Crippen molar-refractivity contribution in [3.05, 3.63) is 30.1 Å². The van der Waals surface area contributed by atoms with E-state index in [4.69, 9.17) is 0 Å². The van der Waals surface area contributed by atoms with Crippen molar-refractivity contribution in [1.82, 2.24) is 29.9 Å². The van der Waals surface area contributed by atoms with Crippen molar-refractivity contribution in [2.45, 2.75) is 38.9 Å². The summed E-state index contributed by atoms with van der Waals surface area (Å²) in [6.45, 7) is 4.55. The summed E-state index contributed by atoms with van der Waals surface area (Å²) in [7, 11) is 0. The summed E-state index contributed by atoms with van der Waals surface area (Å²) in [4.78, 5) is 4.23. The molecule has 2 aromatic rings. The Morgan fingerprint density at radius 1 is 1.44 bits per heavy atom. The van der Waals surface area contributed by atoms with Gasteiger partial charge in [-0.2, -0.15) is 0 Å². The Labute approximate surface area is 106 Å². The molecule has 1 aliphatic carbocycles. The number of imidazole rings is 1. The van der Waals surface area contributed by atoms with E-state index < -0.39 is 0 Å². The van der Waals surface area contributed by atoms with Crippen LogP contribution in [0.2, 0.25) is 0 Å². The van der Waals surface area contributed by atoms with E-state index >= 15 is 0 Å². The van der Waals surface area contributed by atoms with Crippen molar-refractivity contribution < 1.29 is 0 Å². The molecular weight excluding hydrogens is 228 g/mol. The molecule has 18 heavy (non-hydrogen) atoms. The largest absolute Gasteiger partial charge is 0.330 e. The molecule has 2 aromatic heterocycles. The molecule has 6 nitrogen and oxygen atoms in total. The van der Waals surface area contributed by atoms with E-state index in [1.165, 1.54) is 18.5 Å². The van der Waals surface area contributed by atoms with Gasteiger partial charge in [0, 0.05) is 12.6 Å². The lowest BCUT2D eigenvalue weighted by Crippen LogP contribution is -2.11. The lowest BCUT2D eigenvalue weighted by molar-refractivity contribution is 0.596. The predicted octanol–water partition coefficient (Wildman–Crippen LogP) is 0.967. The Kier molecular flexibility index (Phi) is 3.10. The fourth-order valence-corrected chi connectivity index (χ4v) is 2.05. The second-order valence-corrected chi connectivity index (χ2v) is 4.71. The maximum atomic E-state index is 4.23. The third-order valence-electron chi connectivity index (χ3n) is 3.15. The second-order valence-electron chi connectivity index (χ2n) is 4.71. The molecule has 1 saturated carbocycles. The Morgan fingerprint density at radius 2 is 2.33 bits per heavy atom. The molecule has 0 aliphatic heterocycles. The van der Waals surface area contributed by atoms with Gasteiger partial charge in [-0.05, 0) is 19.4 Å². The van der Waals surface area contributed by atoms with Crippen LogP contribution in [0.3, 0.4) is 0 Å². The molecule has 0 amide bonds. The summed E-state index contributed by atoms with van der Waals surface area (Å²) in [6, 6.07) is 0.659. The fraction of sp³-hybridized carbons (Fsp3) is 0.583. The van der Waals surface area contributed by atoms with Gasteiger partial charge in [-0.3, -0.25) is 0 Å². The Hall–Kier alpha value is -1.69. The van der Waals surface area contributed by atoms with E-state index in [1.807, 2.05) is 23.4 Å². The van der Waals surface area contributed by atoms with E-state index in [0.29, 0.717) is 6.04 Å². The van der Waals surface area contributed by atoms with Gasteiger partial charge in [-0.1, -0.05) is 12.1 Å². The van der Waals surface area contributed by atoms with Gasteiger partial charge in [-0.25, -0.2) is 9.67 Å². The molecule has 0 atom stereocenters. The molecule has 1 fully saturated rings. The lowest BCUT2D eigenvalue weighted by Gasteiger charge is -2.05. The van der Waals surface area contributed by atoms with Gasteiger partial charge < -0.3 is 9.88 Å². The van der Waals surface area contributed by atoms with Crippen LogP contribution in [0.25, 0.3) is 0 Å². The van der Waals surface area contributed by atoms with Crippen LogP contribution >= 0.6 is 0 Å². The van der Waals surface area contributed by atoms with Crippen molar-refractivity contribution in [1.29, 1.82) is 0 Å². The number of nitrogens with one attached hydrogen (secondary N) is 1. The van der Waals surface area contributed by atoms with Gasteiger partial charge in [0.1, 0.15) is 0 Å². The van der Waals surface area contributed by atoms with Crippen LogP contribution in [-0.2, 0) is 13.1 Å². The molecule has 0 radical (unpaired) electrons. The highest BCUT2D eigenvalue weighted by molar-refractivity contribution is 5.04. The normalized spacial score (nSPS) is 15.2. The summed E-state index contributed by atoms with van der Waals surface area (Å²) in [5.41, 5.74) is 2.19. The first kappa shape index (κ1) is 11.4. The molecule has 3 rings (SSSR count). The first-order valence-corrected chi connectivity index (χ1v) is 6.47. The molecule has 0 spiro atoms. The van der Waals surface area contributed by atoms with Crippen LogP contribution in [0.4, 0.5) is 0 Å². The zero-order chi connectivity index (χ0) is 12.4. The minimum atomic E-state index is 0.659. The Bertz CT molecular complexity index is 510. The number of aromatic nitrogens is 5. The predicted molar refractivity (Wildman–Crippen MR) is 67.0 cm³/mol. The smallest absolute Gasteiger partial charge is 0.0964 e. The standard InChI is InChI=1S/C12H18N6/c1-2-13-5-10-7-17(16-15-10)8-12-6-14-9-18(12)11-3-4-11/h6-7,9,11,13H,2-5,8H2,1H3. The average molecular weight is 246 g/mol. The van der Waals surface area contributed by atoms with Gasteiger partial charge in [0.15, 0.2) is 0 Å². The molecule has 1 N–H and O–H groups in total. The van der Waals surface area contributed by atoms with Crippen LogP contribution in [0.15, 0.2) is 18.7 Å². The van der Waals surface area contributed by atoms with Crippen LogP contribution in [-0.4, -0.2) is 31.1 Å². The average Bonchev–Trinajstić information content (AvgIpc) is 2.96. The number of hydrogen-bond donors (Lipinski definition) is 1. The SMILES string of the molecule is CCNCc1cn(Cc2cncn2C2CC2)nn1. The molecule has 6 heteroatoms. The topological polar surface area (TPSA) is 60.6 Å². The molecule has 0 unspecified atom stereocenters. The Balaban J connectivity index is 1.67. The summed E-state index contributed by atoms with van der Waals surface area (Å²) >= 11 is 0.